The Morgan fingerprint density at radius 1 is 0.731 bits per heavy atom. The molecule has 0 aliphatic carbocycles. The van der Waals surface area contributed by atoms with Crippen LogP contribution < -0.4 is 14.2 Å². The maximum atomic E-state index is 9.32. The van der Waals surface area contributed by atoms with Gasteiger partial charge in [-0.15, -0.1) is 0 Å². The van der Waals surface area contributed by atoms with E-state index in [4.69, 9.17) is 30.9 Å². The predicted octanol–water partition coefficient (Wildman–Crippen LogP) is 8.90. The summed E-state index contributed by atoms with van der Waals surface area (Å²) in [6.07, 6.45) is 12.0. The van der Waals surface area contributed by atoms with Crippen molar-refractivity contribution < 1.29 is 19.3 Å². The van der Waals surface area contributed by atoms with E-state index in [-0.39, 0.29) is 6.61 Å². The number of nitriles is 1. The van der Waals surface area contributed by atoms with Gasteiger partial charge in [0.15, 0.2) is 0 Å². The molecule has 0 radical (unpaired) electrons. The fraction of sp³-hybridized carbons (Fsp3) is 0.442. The molecule has 3 heterocycles. The van der Waals surface area contributed by atoms with Crippen LogP contribution in [0.25, 0.3) is 11.1 Å². The second kappa shape index (κ2) is 20.2. The quantitative estimate of drug-likeness (QED) is 0.129. The van der Waals surface area contributed by atoms with Crippen LogP contribution >= 0.6 is 11.6 Å². The number of ether oxygens (including phenoxy) is 3. The highest BCUT2D eigenvalue weighted by Gasteiger charge is 2.18. The van der Waals surface area contributed by atoms with Crippen LogP contribution in [0.2, 0.25) is 5.02 Å². The summed E-state index contributed by atoms with van der Waals surface area (Å²) in [6.45, 7) is 12.1. The lowest BCUT2D eigenvalue weighted by Gasteiger charge is -2.27. The van der Waals surface area contributed by atoms with E-state index in [0.717, 1.165) is 85.6 Å². The van der Waals surface area contributed by atoms with Gasteiger partial charge in [0.2, 0.25) is 0 Å². The van der Waals surface area contributed by atoms with Crippen molar-refractivity contribution in [2.24, 2.45) is 0 Å². The molecule has 2 saturated heterocycles. The minimum Gasteiger partial charge on any atom is -0.493 e. The molecule has 1 N–H and O–H groups in total. The summed E-state index contributed by atoms with van der Waals surface area (Å²) in [5, 5.41) is 16.9. The second-order valence-electron chi connectivity index (χ2n) is 13.6. The molecule has 4 aromatic rings. The van der Waals surface area contributed by atoms with Crippen LogP contribution in [0.5, 0.6) is 17.2 Å². The number of hydrogen-bond donors (Lipinski definition) is 1. The van der Waals surface area contributed by atoms with Crippen LogP contribution in [0.15, 0.2) is 67.0 Å². The van der Waals surface area contributed by atoms with Gasteiger partial charge in [-0.3, -0.25) is 9.88 Å². The Kier molecular flexibility index (Phi) is 15.2. The maximum Gasteiger partial charge on any atom is 0.142 e. The Bertz CT molecular complexity index is 1780. The molecule has 1 aromatic heterocycles. The van der Waals surface area contributed by atoms with E-state index >= 15 is 0 Å². The van der Waals surface area contributed by atoms with Crippen molar-refractivity contribution in [1.29, 1.82) is 5.26 Å². The number of piperidine rings is 2. The summed E-state index contributed by atoms with van der Waals surface area (Å²) in [5.41, 5.74) is 8.11. The molecule has 6 rings (SSSR count). The van der Waals surface area contributed by atoms with E-state index in [2.05, 4.69) is 71.1 Å². The maximum absolute atomic E-state index is 9.32. The first kappa shape index (κ1) is 39.1. The molecule has 0 saturated carbocycles. The summed E-state index contributed by atoms with van der Waals surface area (Å²) in [6, 6.07) is 20.6. The van der Waals surface area contributed by atoms with Crippen molar-refractivity contribution >= 4 is 11.6 Å². The lowest BCUT2D eigenvalue weighted by molar-refractivity contribution is 0.204. The minimum absolute atomic E-state index is 0.290. The van der Waals surface area contributed by atoms with Crippen LogP contribution in [0.1, 0.15) is 78.3 Å². The molecule has 0 unspecified atom stereocenters. The van der Waals surface area contributed by atoms with Gasteiger partial charge in [0.1, 0.15) is 36.5 Å². The zero-order valence-electron chi connectivity index (χ0n) is 31.0. The van der Waals surface area contributed by atoms with Gasteiger partial charge in [-0.2, -0.15) is 5.26 Å². The van der Waals surface area contributed by atoms with Crippen molar-refractivity contribution in [3.05, 3.63) is 105 Å². The number of rotatable bonds is 14. The Hall–Kier alpha value is -4.13. The van der Waals surface area contributed by atoms with Crippen LogP contribution in [0, 0.1) is 25.2 Å². The molecule has 8 nitrogen and oxygen atoms in total. The summed E-state index contributed by atoms with van der Waals surface area (Å²) < 4.78 is 19.1. The predicted molar refractivity (Wildman–Crippen MR) is 208 cm³/mol. The van der Waals surface area contributed by atoms with Crippen molar-refractivity contribution in [1.82, 2.24) is 14.8 Å². The number of aromatic nitrogens is 1. The molecule has 0 atom stereocenters. The Morgan fingerprint density at radius 2 is 1.40 bits per heavy atom. The molecule has 0 spiro atoms. The number of aliphatic hydroxyl groups excluding tert-OH is 1. The van der Waals surface area contributed by atoms with Crippen molar-refractivity contribution in [2.45, 2.75) is 78.6 Å². The lowest BCUT2D eigenvalue weighted by atomic mass is 9.93. The average Bonchev–Trinajstić information content (AvgIpc) is 3.18. The SMILES string of the molecule is CO.Cc1c(COc2cc(OCc3cncc(C#N)c3)c(CN3CCCCC3)cc2Cl)cccc1-c1cccc(OCCCN2CCCCC2)c1C. The molecule has 52 heavy (non-hydrogen) atoms. The first-order valence-electron chi connectivity index (χ1n) is 18.6. The highest BCUT2D eigenvalue weighted by Crippen LogP contribution is 2.37. The van der Waals surface area contributed by atoms with Crippen LogP contribution in [-0.4, -0.2) is 66.3 Å². The number of nitrogens with zero attached hydrogens (tertiary/aromatic N) is 4. The first-order chi connectivity index (χ1) is 25.5. The Balaban J connectivity index is 0.00000257. The van der Waals surface area contributed by atoms with Gasteiger partial charge < -0.3 is 24.2 Å². The van der Waals surface area contributed by atoms with Crippen molar-refractivity contribution in [3.63, 3.8) is 0 Å². The number of pyridine rings is 1. The van der Waals surface area contributed by atoms with Gasteiger partial charge in [-0.1, -0.05) is 54.8 Å². The number of hydrogen-bond acceptors (Lipinski definition) is 8. The number of likely N-dealkylation sites (tertiary alicyclic amines) is 2. The molecular weight excluding hydrogens is 672 g/mol. The average molecular weight is 725 g/mol. The lowest BCUT2D eigenvalue weighted by Crippen LogP contribution is -2.31. The van der Waals surface area contributed by atoms with E-state index in [1.54, 1.807) is 18.5 Å². The minimum atomic E-state index is 0.290. The van der Waals surface area contributed by atoms with Gasteiger partial charge >= 0.3 is 0 Å². The number of aliphatic hydroxyl groups is 1. The van der Waals surface area contributed by atoms with Crippen LogP contribution in [0.4, 0.5) is 0 Å². The standard InChI is InChI=1S/C42H49ClN4O3.CH4O/c1-31-35(12-9-13-37(31)38-14-10-15-40(32(38)2)48-21-11-20-46-16-5-3-6-17-46)30-50-42-24-41(49-29-34-22-33(25-44)26-45-27-34)36(23-39(42)43)28-47-18-7-4-8-19-47;1-2/h9-10,12-15,22-24,26-27H,3-8,11,16-21,28-30H2,1-2H3;2H,1H3. The van der Waals surface area contributed by atoms with E-state index < -0.39 is 0 Å². The Labute approximate surface area is 314 Å². The van der Waals surface area contributed by atoms with Crippen molar-refractivity contribution in [2.75, 3.05) is 46.4 Å². The van der Waals surface area contributed by atoms with Gasteiger partial charge in [0, 0.05) is 49.8 Å². The number of halogens is 1. The largest absolute Gasteiger partial charge is 0.493 e. The fourth-order valence-electron chi connectivity index (χ4n) is 7.09. The molecule has 2 fully saturated rings. The smallest absolute Gasteiger partial charge is 0.142 e. The molecular formula is C43H53ClN4O4. The third-order valence-electron chi connectivity index (χ3n) is 10.0. The number of benzene rings is 3. The van der Waals surface area contributed by atoms with E-state index in [9.17, 15) is 5.26 Å². The summed E-state index contributed by atoms with van der Waals surface area (Å²) in [7, 11) is 1.00. The second-order valence-corrected chi connectivity index (χ2v) is 14.0. The zero-order valence-corrected chi connectivity index (χ0v) is 31.8. The normalized spacial score (nSPS) is 14.9. The molecule has 0 bridgehead atoms. The Morgan fingerprint density at radius 3 is 2.13 bits per heavy atom. The first-order valence-corrected chi connectivity index (χ1v) is 19.0. The third-order valence-corrected chi connectivity index (χ3v) is 10.3. The molecule has 0 amide bonds. The van der Waals surface area contributed by atoms with Gasteiger partial charge in [0.25, 0.3) is 0 Å². The summed E-state index contributed by atoms with van der Waals surface area (Å²) in [5.74, 6) is 2.25. The van der Waals surface area contributed by atoms with Crippen LogP contribution in [0.3, 0.4) is 0 Å². The monoisotopic (exact) mass is 724 g/mol. The molecule has 276 valence electrons. The molecule has 2 aliphatic rings. The van der Waals surface area contributed by atoms with Crippen LogP contribution in [-0.2, 0) is 19.8 Å². The van der Waals surface area contributed by atoms with Gasteiger partial charge in [-0.25, -0.2) is 0 Å². The zero-order chi connectivity index (χ0) is 36.7. The topological polar surface area (TPSA) is 91.1 Å². The molecule has 9 heteroatoms. The van der Waals surface area contributed by atoms with Gasteiger partial charge in [0.05, 0.1) is 17.2 Å². The van der Waals surface area contributed by atoms with E-state index in [1.807, 2.05) is 12.1 Å². The fourth-order valence-corrected chi connectivity index (χ4v) is 7.34. The summed E-state index contributed by atoms with van der Waals surface area (Å²) >= 11 is 6.88. The third kappa shape index (κ3) is 10.7. The highest BCUT2D eigenvalue weighted by molar-refractivity contribution is 6.32. The van der Waals surface area contributed by atoms with Crippen molar-refractivity contribution in [3.8, 4) is 34.4 Å². The van der Waals surface area contributed by atoms with E-state index in [1.165, 1.54) is 62.7 Å². The van der Waals surface area contributed by atoms with E-state index in [0.29, 0.717) is 22.9 Å². The molecule has 3 aromatic carbocycles. The molecule has 2 aliphatic heterocycles. The van der Waals surface area contributed by atoms with Gasteiger partial charge in [-0.05, 0) is 118 Å². The summed E-state index contributed by atoms with van der Waals surface area (Å²) in [4.78, 5) is 9.21. The highest BCUT2D eigenvalue weighted by atomic mass is 35.5.